The third kappa shape index (κ3) is 1.40. The molecule has 0 aliphatic heterocycles. The first-order valence-corrected chi connectivity index (χ1v) is 4.80. The molecule has 3 heteroatoms. The maximum atomic E-state index is 11.7. The molecule has 78 valence electrons. The first kappa shape index (κ1) is 9.77. The predicted molar refractivity (Wildman–Crippen MR) is 60.6 cm³/mol. The van der Waals surface area contributed by atoms with Crippen LogP contribution in [0.25, 0.3) is 10.8 Å². The monoisotopic (exact) mass is 203 g/mol. The molecule has 0 saturated carbocycles. The predicted octanol–water partition coefficient (Wildman–Crippen LogP) is 2.15. The van der Waals surface area contributed by atoms with Crippen molar-refractivity contribution in [2.75, 3.05) is 7.11 Å². The SMILES string of the molecule is COc1cc(C)c2c(=O)[nH]ccc2c1C. The molecule has 0 radical (unpaired) electrons. The summed E-state index contributed by atoms with van der Waals surface area (Å²) in [7, 11) is 1.64. The van der Waals surface area contributed by atoms with Gasteiger partial charge in [-0.05, 0) is 42.5 Å². The molecule has 0 aliphatic rings. The molecule has 1 N–H and O–H groups in total. The number of aryl methyl sites for hydroxylation is 2. The van der Waals surface area contributed by atoms with Gasteiger partial charge in [-0.25, -0.2) is 0 Å². The standard InChI is InChI=1S/C12H13NO2/c1-7-6-10(15-3)8(2)9-4-5-13-12(14)11(7)9/h4-6H,1-3H3,(H,13,14). The number of aromatic nitrogens is 1. The molecule has 3 nitrogen and oxygen atoms in total. The van der Waals surface area contributed by atoms with Gasteiger partial charge in [0.05, 0.1) is 12.5 Å². The molecule has 0 aliphatic carbocycles. The van der Waals surface area contributed by atoms with E-state index in [1.807, 2.05) is 26.0 Å². The van der Waals surface area contributed by atoms with E-state index in [-0.39, 0.29) is 5.56 Å². The van der Waals surface area contributed by atoms with Crippen LogP contribution >= 0.6 is 0 Å². The van der Waals surface area contributed by atoms with E-state index in [0.29, 0.717) is 0 Å². The number of fused-ring (bicyclic) bond motifs is 1. The Morgan fingerprint density at radius 1 is 1.33 bits per heavy atom. The van der Waals surface area contributed by atoms with Gasteiger partial charge >= 0.3 is 0 Å². The van der Waals surface area contributed by atoms with Crippen LogP contribution in [0.2, 0.25) is 0 Å². The van der Waals surface area contributed by atoms with Crippen molar-refractivity contribution < 1.29 is 4.74 Å². The van der Waals surface area contributed by atoms with Crippen LogP contribution < -0.4 is 10.3 Å². The first-order valence-electron chi connectivity index (χ1n) is 4.80. The Hall–Kier alpha value is -1.77. The lowest BCUT2D eigenvalue weighted by molar-refractivity contribution is 0.412. The van der Waals surface area contributed by atoms with Crippen LogP contribution in [0.1, 0.15) is 11.1 Å². The number of ether oxygens (including phenoxy) is 1. The number of hydrogen-bond acceptors (Lipinski definition) is 2. The largest absolute Gasteiger partial charge is 0.496 e. The van der Waals surface area contributed by atoms with Gasteiger partial charge < -0.3 is 9.72 Å². The van der Waals surface area contributed by atoms with Crippen LogP contribution in [0.5, 0.6) is 5.75 Å². The van der Waals surface area contributed by atoms with Crippen LogP contribution in [-0.2, 0) is 0 Å². The Morgan fingerprint density at radius 2 is 2.07 bits per heavy atom. The number of pyridine rings is 1. The first-order chi connectivity index (χ1) is 7.15. The molecule has 1 heterocycles. The second kappa shape index (κ2) is 3.42. The van der Waals surface area contributed by atoms with Gasteiger partial charge in [0.2, 0.25) is 0 Å². The molecule has 1 aromatic heterocycles. The molecule has 0 amide bonds. The fourth-order valence-electron chi connectivity index (χ4n) is 1.90. The van der Waals surface area contributed by atoms with Crippen molar-refractivity contribution in [3.8, 4) is 5.75 Å². The number of nitrogens with one attached hydrogen (secondary N) is 1. The Kier molecular flexibility index (Phi) is 2.23. The number of rotatable bonds is 1. The second-order valence-corrected chi connectivity index (χ2v) is 3.62. The third-order valence-electron chi connectivity index (χ3n) is 2.70. The zero-order valence-corrected chi connectivity index (χ0v) is 9.05. The summed E-state index contributed by atoms with van der Waals surface area (Å²) in [5.41, 5.74) is 1.90. The Balaban J connectivity index is 3.00. The summed E-state index contributed by atoms with van der Waals surface area (Å²) in [6.45, 7) is 3.87. The molecule has 0 atom stereocenters. The highest BCUT2D eigenvalue weighted by atomic mass is 16.5. The molecular weight excluding hydrogens is 190 g/mol. The molecule has 2 aromatic rings. The van der Waals surface area contributed by atoms with E-state index in [0.717, 1.165) is 27.6 Å². The second-order valence-electron chi connectivity index (χ2n) is 3.62. The van der Waals surface area contributed by atoms with E-state index in [2.05, 4.69) is 4.98 Å². The van der Waals surface area contributed by atoms with E-state index in [1.54, 1.807) is 13.3 Å². The molecular formula is C12H13NO2. The smallest absolute Gasteiger partial charge is 0.256 e. The van der Waals surface area contributed by atoms with Gasteiger partial charge in [-0.2, -0.15) is 0 Å². The van der Waals surface area contributed by atoms with Gasteiger partial charge in [0.1, 0.15) is 5.75 Å². The van der Waals surface area contributed by atoms with Crippen molar-refractivity contribution >= 4 is 10.8 Å². The van der Waals surface area contributed by atoms with E-state index < -0.39 is 0 Å². The molecule has 15 heavy (non-hydrogen) atoms. The van der Waals surface area contributed by atoms with Crippen molar-refractivity contribution in [2.24, 2.45) is 0 Å². The minimum atomic E-state index is -0.0456. The van der Waals surface area contributed by atoms with E-state index in [4.69, 9.17) is 4.74 Å². The lowest BCUT2D eigenvalue weighted by Gasteiger charge is -2.09. The average Bonchev–Trinajstić information content (AvgIpc) is 2.23. The van der Waals surface area contributed by atoms with Crippen molar-refractivity contribution in [2.45, 2.75) is 13.8 Å². The summed E-state index contributed by atoms with van der Waals surface area (Å²) < 4.78 is 5.26. The van der Waals surface area contributed by atoms with E-state index in [9.17, 15) is 4.79 Å². The molecule has 0 unspecified atom stereocenters. The Morgan fingerprint density at radius 3 is 2.73 bits per heavy atom. The van der Waals surface area contributed by atoms with Crippen molar-refractivity contribution in [1.82, 2.24) is 4.98 Å². The van der Waals surface area contributed by atoms with Crippen LogP contribution in [-0.4, -0.2) is 12.1 Å². The summed E-state index contributed by atoms with van der Waals surface area (Å²) in [4.78, 5) is 14.3. The highest BCUT2D eigenvalue weighted by molar-refractivity contribution is 5.89. The topological polar surface area (TPSA) is 42.1 Å². The number of methoxy groups -OCH3 is 1. The minimum Gasteiger partial charge on any atom is -0.496 e. The number of hydrogen-bond donors (Lipinski definition) is 1. The van der Waals surface area contributed by atoms with Gasteiger partial charge in [-0.3, -0.25) is 4.79 Å². The summed E-state index contributed by atoms with van der Waals surface area (Å²) in [5.74, 6) is 0.825. The van der Waals surface area contributed by atoms with E-state index >= 15 is 0 Å². The maximum absolute atomic E-state index is 11.7. The van der Waals surface area contributed by atoms with Gasteiger partial charge in [0.15, 0.2) is 0 Å². The molecule has 0 saturated heterocycles. The summed E-state index contributed by atoms with van der Waals surface area (Å²) >= 11 is 0. The minimum absolute atomic E-state index is 0.0456. The highest BCUT2D eigenvalue weighted by Crippen LogP contribution is 2.27. The van der Waals surface area contributed by atoms with Crippen LogP contribution in [0.4, 0.5) is 0 Å². The summed E-state index contributed by atoms with van der Waals surface area (Å²) in [5, 5.41) is 1.70. The van der Waals surface area contributed by atoms with E-state index in [1.165, 1.54) is 0 Å². The maximum Gasteiger partial charge on any atom is 0.256 e. The lowest BCUT2D eigenvalue weighted by Crippen LogP contribution is -2.07. The van der Waals surface area contributed by atoms with Gasteiger partial charge in [0.25, 0.3) is 5.56 Å². The summed E-state index contributed by atoms with van der Waals surface area (Å²) in [6.07, 6.45) is 1.66. The molecule has 0 spiro atoms. The van der Waals surface area contributed by atoms with Gasteiger partial charge in [0, 0.05) is 6.20 Å². The lowest BCUT2D eigenvalue weighted by atomic mass is 10.0. The zero-order chi connectivity index (χ0) is 11.0. The van der Waals surface area contributed by atoms with Crippen LogP contribution in [0.3, 0.4) is 0 Å². The number of H-pyrrole nitrogens is 1. The molecule has 0 fully saturated rings. The Labute approximate surface area is 87.7 Å². The van der Waals surface area contributed by atoms with Crippen molar-refractivity contribution in [1.29, 1.82) is 0 Å². The quantitative estimate of drug-likeness (QED) is 0.771. The van der Waals surface area contributed by atoms with Gasteiger partial charge in [-0.15, -0.1) is 0 Å². The Bertz CT molecular complexity index is 570. The van der Waals surface area contributed by atoms with Crippen LogP contribution in [0.15, 0.2) is 23.1 Å². The number of benzene rings is 1. The number of aromatic amines is 1. The van der Waals surface area contributed by atoms with Gasteiger partial charge in [-0.1, -0.05) is 0 Å². The average molecular weight is 203 g/mol. The zero-order valence-electron chi connectivity index (χ0n) is 9.05. The molecule has 1 aromatic carbocycles. The third-order valence-corrected chi connectivity index (χ3v) is 2.70. The molecule has 0 bridgehead atoms. The van der Waals surface area contributed by atoms with Crippen molar-refractivity contribution in [3.05, 3.63) is 39.8 Å². The highest BCUT2D eigenvalue weighted by Gasteiger charge is 2.09. The molecule has 2 rings (SSSR count). The van der Waals surface area contributed by atoms with Crippen molar-refractivity contribution in [3.63, 3.8) is 0 Å². The van der Waals surface area contributed by atoms with Crippen LogP contribution in [0, 0.1) is 13.8 Å². The normalized spacial score (nSPS) is 10.6. The fourth-order valence-corrected chi connectivity index (χ4v) is 1.90. The fraction of sp³-hybridized carbons (Fsp3) is 0.250. The summed E-state index contributed by atoms with van der Waals surface area (Å²) in [6, 6.07) is 3.80.